The lowest BCUT2D eigenvalue weighted by Crippen LogP contribution is -2.39. The van der Waals surface area contributed by atoms with Crippen LogP contribution in [0, 0.1) is 11.3 Å². The minimum atomic E-state index is 0.0559. The molecule has 0 spiro atoms. The van der Waals surface area contributed by atoms with E-state index < -0.39 is 0 Å². The van der Waals surface area contributed by atoms with E-state index in [1.807, 2.05) is 29.8 Å². The standard InChI is InChI=1S/C16H17N3OS/c1-12(14-4-2-3-13(9-14)10-17)19-6-7-20-15(11-19)16-18-5-8-21-16/h2-5,8-9,12,15H,6-7,11H2,1H3/t12-,15+/m1/s1. The number of benzene rings is 1. The van der Waals surface area contributed by atoms with Crippen molar-refractivity contribution in [3.63, 3.8) is 0 Å². The topological polar surface area (TPSA) is 49.2 Å². The van der Waals surface area contributed by atoms with Crippen molar-refractivity contribution in [3.05, 3.63) is 52.0 Å². The van der Waals surface area contributed by atoms with Gasteiger partial charge in [0.25, 0.3) is 0 Å². The van der Waals surface area contributed by atoms with Crippen LogP contribution in [0.5, 0.6) is 0 Å². The monoisotopic (exact) mass is 299 g/mol. The van der Waals surface area contributed by atoms with Crippen LogP contribution in [0.25, 0.3) is 0 Å². The third-order valence-corrected chi connectivity index (χ3v) is 4.74. The first kappa shape index (κ1) is 14.2. The van der Waals surface area contributed by atoms with Crippen molar-refractivity contribution in [2.45, 2.75) is 19.1 Å². The largest absolute Gasteiger partial charge is 0.368 e. The summed E-state index contributed by atoms with van der Waals surface area (Å²) in [5, 5.41) is 12.1. The molecule has 108 valence electrons. The number of morpholine rings is 1. The SMILES string of the molecule is C[C@H](c1cccc(C#N)c1)N1CCO[C@H](c2nccs2)C1. The number of thiazole rings is 1. The zero-order valence-electron chi connectivity index (χ0n) is 11.9. The number of hydrogen-bond donors (Lipinski definition) is 0. The van der Waals surface area contributed by atoms with E-state index in [1.54, 1.807) is 11.3 Å². The summed E-state index contributed by atoms with van der Waals surface area (Å²) in [6.45, 7) is 4.64. The van der Waals surface area contributed by atoms with E-state index in [4.69, 9.17) is 10.00 Å². The third kappa shape index (κ3) is 3.13. The molecule has 5 heteroatoms. The minimum Gasteiger partial charge on any atom is -0.368 e. The molecule has 3 rings (SSSR count). The van der Waals surface area contributed by atoms with Gasteiger partial charge in [0.05, 0.1) is 18.2 Å². The molecule has 4 nitrogen and oxygen atoms in total. The van der Waals surface area contributed by atoms with Crippen LogP contribution in [0.15, 0.2) is 35.8 Å². The van der Waals surface area contributed by atoms with E-state index in [0.717, 1.165) is 18.1 Å². The Kier molecular flexibility index (Phi) is 4.30. The number of nitrogens with zero attached hydrogens (tertiary/aromatic N) is 3. The van der Waals surface area contributed by atoms with Gasteiger partial charge in [-0.1, -0.05) is 12.1 Å². The van der Waals surface area contributed by atoms with Gasteiger partial charge in [0, 0.05) is 30.7 Å². The van der Waals surface area contributed by atoms with Crippen LogP contribution >= 0.6 is 11.3 Å². The second kappa shape index (κ2) is 6.35. The van der Waals surface area contributed by atoms with Crippen molar-refractivity contribution in [1.29, 1.82) is 5.26 Å². The van der Waals surface area contributed by atoms with E-state index in [0.29, 0.717) is 12.2 Å². The molecule has 2 atom stereocenters. The summed E-state index contributed by atoms with van der Waals surface area (Å²) in [6.07, 6.45) is 1.88. The quantitative estimate of drug-likeness (QED) is 0.873. The third-order valence-electron chi connectivity index (χ3n) is 3.87. The molecule has 1 aliphatic rings. The number of ether oxygens (including phenoxy) is 1. The Morgan fingerprint density at radius 3 is 3.19 bits per heavy atom. The number of rotatable bonds is 3. The lowest BCUT2D eigenvalue weighted by atomic mass is 10.0. The van der Waals surface area contributed by atoms with E-state index in [9.17, 15) is 0 Å². The Morgan fingerprint density at radius 1 is 1.52 bits per heavy atom. The average Bonchev–Trinajstić information content (AvgIpc) is 3.09. The van der Waals surface area contributed by atoms with Crippen molar-refractivity contribution < 1.29 is 4.74 Å². The van der Waals surface area contributed by atoms with E-state index in [1.165, 1.54) is 5.56 Å². The first-order valence-corrected chi connectivity index (χ1v) is 7.91. The molecule has 2 heterocycles. The van der Waals surface area contributed by atoms with Crippen molar-refractivity contribution in [2.24, 2.45) is 0 Å². The van der Waals surface area contributed by atoms with E-state index in [2.05, 4.69) is 28.9 Å². The normalized spacial score (nSPS) is 20.9. The molecule has 0 amide bonds. The Bertz CT molecular complexity index is 635. The molecule has 0 bridgehead atoms. The number of nitriles is 1. The van der Waals surface area contributed by atoms with Crippen molar-refractivity contribution >= 4 is 11.3 Å². The van der Waals surface area contributed by atoms with Crippen LogP contribution < -0.4 is 0 Å². The summed E-state index contributed by atoms with van der Waals surface area (Å²) in [7, 11) is 0. The Labute approximate surface area is 128 Å². The molecule has 2 aromatic rings. The zero-order chi connectivity index (χ0) is 14.7. The molecular formula is C16H17N3OS. The maximum atomic E-state index is 9.03. The summed E-state index contributed by atoms with van der Waals surface area (Å²) in [4.78, 5) is 6.75. The minimum absolute atomic E-state index is 0.0559. The van der Waals surface area contributed by atoms with Gasteiger partial charge in [-0.2, -0.15) is 5.26 Å². The molecule has 1 saturated heterocycles. The van der Waals surface area contributed by atoms with Gasteiger partial charge in [0.1, 0.15) is 11.1 Å². The lowest BCUT2D eigenvalue weighted by Gasteiger charge is -2.36. The van der Waals surface area contributed by atoms with Crippen LogP contribution in [0.4, 0.5) is 0 Å². The van der Waals surface area contributed by atoms with Gasteiger partial charge in [-0.15, -0.1) is 11.3 Å². The van der Waals surface area contributed by atoms with Crippen LogP contribution in [0.2, 0.25) is 0 Å². The van der Waals surface area contributed by atoms with Gasteiger partial charge in [-0.25, -0.2) is 4.98 Å². The molecule has 0 aliphatic carbocycles. The van der Waals surface area contributed by atoms with Gasteiger partial charge < -0.3 is 4.74 Å². The fourth-order valence-corrected chi connectivity index (χ4v) is 3.32. The summed E-state index contributed by atoms with van der Waals surface area (Å²) in [6, 6.07) is 10.3. The molecule has 0 radical (unpaired) electrons. The van der Waals surface area contributed by atoms with Crippen LogP contribution in [0.3, 0.4) is 0 Å². The molecule has 21 heavy (non-hydrogen) atoms. The fourth-order valence-electron chi connectivity index (χ4n) is 2.64. The molecular weight excluding hydrogens is 282 g/mol. The summed E-state index contributed by atoms with van der Waals surface area (Å²) in [5.41, 5.74) is 1.89. The zero-order valence-corrected chi connectivity index (χ0v) is 12.7. The summed E-state index contributed by atoms with van der Waals surface area (Å²) < 4.78 is 5.84. The fraction of sp³-hybridized carbons (Fsp3) is 0.375. The van der Waals surface area contributed by atoms with Crippen molar-refractivity contribution in [1.82, 2.24) is 9.88 Å². The maximum Gasteiger partial charge on any atom is 0.123 e. The second-order valence-corrected chi connectivity index (χ2v) is 6.06. The number of aromatic nitrogens is 1. The van der Waals surface area contributed by atoms with Gasteiger partial charge in [-0.3, -0.25) is 4.90 Å². The molecule has 1 aromatic heterocycles. The molecule has 1 aliphatic heterocycles. The smallest absolute Gasteiger partial charge is 0.123 e. The molecule has 0 saturated carbocycles. The first-order valence-electron chi connectivity index (χ1n) is 7.03. The van der Waals surface area contributed by atoms with E-state index in [-0.39, 0.29) is 12.1 Å². The Morgan fingerprint density at radius 2 is 2.43 bits per heavy atom. The van der Waals surface area contributed by atoms with Crippen LogP contribution in [-0.2, 0) is 4.74 Å². The lowest BCUT2D eigenvalue weighted by molar-refractivity contribution is -0.0432. The van der Waals surface area contributed by atoms with Crippen molar-refractivity contribution in [3.8, 4) is 6.07 Å². The van der Waals surface area contributed by atoms with Gasteiger partial charge in [-0.05, 0) is 24.6 Å². The Balaban J connectivity index is 1.75. The van der Waals surface area contributed by atoms with Crippen LogP contribution in [-0.4, -0.2) is 29.6 Å². The van der Waals surface area contributed by atoms with Gasteiger partial charge in [0.2, 0.25) is 0 Å². The molecule has 0 N–H and O–H groups in total. The highest BCUT2D eigenvalue weighted by Crippen LogP contribution is 2.29. The Hall–Kier alpha value is -1.74. The second-order valence-electron chi connectivity index (χ2n) is 5.14. The predicted molar refractivity (Wildman–Crippen MR) is 82.0 cm³/mol. The van der Waals surface area contributed by atoms with Gasteiger partial charge >= 0.3 is 0 Å². The molecule has 1 fully saturated rings. The highest BCUT2D eigenvalue weighted by atomic mass is 32.1. The average molecular weight is 299 g/mol. The summed E-state index contributed by atoms with van der Waals surface area (Å²) >= 11 is 1.64. The van der Waals surface area contributed by atoms with Crippen LogP contribution in [0.1, 0.15) is 35.2 Å². The highest BCUT2D eigenvalue weighted by molar-refractivity contribution is 7.09. The van der Waals surface area contributed by atoms with Gasteiger partial charge in [0.15, 0.2) is 0 Å². The predicted octanol–water partition coefficient (Wildman–Crippen LogP) is 3.15. The maximum absolute atomic E-state index is 9.03. The van der Waals surface area contributed by atoms with E-state index >= 15 is 0 Å². The highest BCUT2D eigenvalue weighted by Gasteiger charge is 2.27. The summed E-state index contributed by atoms with van der Waals surface area (Å²) in [5.74, 6) is 0. The number of hydrogen-bond acceptors (Lipinski definition) is 5. The molecule has 1 aromatic carbocycles. The van der Waals surface area contributed by atoms with Crippen molar-refractivity contribution in [2.75, 3.05) is 19.7 Å². The first-order chi connectivity index (χ1) is 10.3. The molecule has 0 unspecified atom stereocenters.